The number of hydrogen-bond acceptors (Lipinski definition) is 7. The van der Waals surface area contributed by atoms with E-state index < -0.39 is 0 Å². The van der Waals surface area contributed by atoms with Gasteiger partial charge in [-0.3, -0.25) is 0 Å². The quantitative estimate of drug-likeness (QED) is 0.507. The molecule has 0 amide bonds. The number of hydrogen-bond donors (Lipinski definition) is 0. The molecule has 8 nitrogen and oxygen atoms in total. The van der Waals surface area contributed by atoms with Gasteiger partial charge in [0.1, 0.15) is 18.0 Å². The Labute approximate surface area is 172 Å². The van der Waals surface area contributed by atoms with Gasteiger partial charge in [-0.1, -0.05) is 11.6 Å². The van der Waals surface area contributed by atoms with Crippen LogP contribution in [0.4, 0.5) is 11.6 Å². The van der Waals surface area contributed by atoms with Crippen LogP contribution in [0.5, 0.6) is 0 Å². The Morgan fingerprint density at radius 1 is 1.03 bits per heavy atom. The molecule has 1 aliphatic rings. The molecule has 1 fully saturated rings. The highest BCUT2D eigenvalue weighted by Gasteiger charge is 2.22. The molecule has 29 heavy (non-hydrogen) atoms. The lowest BCUT2D eigenvalue weighted by Crippen LogP contribution is -2.47. The minimum atomic E-state index is 0.587. The predicted octanol–water partition coefficient (Wildman–Crippen LogP) is 2.83. The molecule has 4 heterocycles. The lowest BCUT2D eigenvalue weighted by Gasteiger charge is -2.36. The molecule has 0 unspecified atom stereocenters. The number of nitrogens with zero attached hydrogens (tertiary/aromatic N) is 8. The minimum absolute atomic E-state index is 0.587. The lowest BCUT2D eigenvalue weighted by molar-refractivity contribution is 0.634. The second kappa shape index (κ2) is 6.87. The minimum Gasteiger partial charge on any atom is -0.353 e. The van der Waals surface area contributed by atoms with Gasteiger partial charge in [0, 0.05) is 48.3 Å². The van der Waals surface area contributed by atoms with E-state index in [-0.39, 0.29) is 0 Å². The average Bonchev–Trinajstić information content (AvgIpc) is 3.21. The van der Waals surface area contributed by atoms with Crippen molar-refractivity contribution in [2.75, 3.05) is 36.0 Å². The summed E-state index contributed by atoms with van der Waals surface area (Å²) < 4.78 is 1.77. The summed E-state index contributed by atoms with van der Waals surface area (Å²) in [5, 5.41) is 15.3. The van der Waals surface area contributed by atoms with E-state index in [2.05, 4.69) is 30.9 Å². The van der Waals surface area contributed by atoms with Gasteiger partial charge < -0.3 is 9.80 Å². The Morgan fingerprint density at radius 2 is 1.83 bits per heavy atom. The summed E-state index contributed by atoms with van der Waals surface area (Å²) in [5.74, 6) is 2.41. The molecule has 1 aliphatic heterocycles. The van der Waals surface area contributed by atoms with Crippen molar-refractivity contribution in [1.82, 2.24) is 24.6 Å². The van der Waals surface area contributed by atoms with E-state index in [4.69, 9.17) is 16.6 Å². The van der Waals surface area contributed by atoms with Crippen molar-refractivity contribution in [3.05, 3.63) is 52.9 Å². The molecule has 4 aromatic rings. The first-order chi connectivity index (χ1) is 14.1. The Kier molecular flexibility index (Phi) is 4.18. The van der Waals surface area contributed by atoms with E-state index >= 15 is 0 Å². The molecule has 144 valence electrons. The number of aromatic nitrogens is 5. The summed E-state index contributed by atoms with van der Waals surface area (Å²) in [5.41, 5.74) is 2.28. The van der Waals surface area contributed by atoms with Crippen molar-refractivity contribution in [1.29, 1.82) is 5.26 Å². The topological polar surface area (TPSA) is 86.2 Å². The fourth-order valence-corrected chi connectivity index (χ4v) is 3.91. The third-order valence-corrected chi connectivity index (χ3v) is 5.40. The monoisotopic (exact) mass is 404 g/mol. The summed E-state index contributed by atoms with van der Waals surface area (Å²) in [6.45, 7) is 5.15. The van der Waals surface area contributed by atoms with Gasteiger partial charge in [0.15, 0.2) is 0 Å². The predicted molar refractivity (Wildman–Crippen MR) is 111 cm³/mol. The number of anilines is 2. The van der Waals surface area contributed by atoms with Crippen LogP contribution in [0.3, 0.4) is 0 Å². The number of pyridine rings is 1. The van der Waals surface area contributed by atoms with Gasteiger partial charge >= 0.3 is 0 Å². The highest BCUT2D eigenvalue weighted by atomic mass is 35.5. The zero-order valence-electron chi connectivity index (χ0n) is 15.7. The highest BCUT2D eigenvalue weighted by molar-refractivity contribution is 6.31. The second-order valence-electron chi connectivity index (χ2n) is 7.00. The highest BCUT2D eigenvalue weighted by Crippen LogP contribution is 2.27. The van der Waals surface area contributed by atoms with Crippen molar-refractivity contribution in [3.63, 3.8) is 0 Å². The fourth-order valence-electron chi connectivity index (χ4n) is 3.74. The summed E-state index contributed by atoms with van der Waals surface area (Å²) in [6, 6.07) is 11.6. The SMILES string of the molecule is Cc1cc(N2CCN(c3cc(C#N)c4cc(Cl)ccc4n3)CC2)n2ncnc2n1. The molecule has 1 saturated heterocycles. The van der Waals surface area contributed by atoms with E-state index in [0.717, 1.165) is 54.4 Å². The Hall–Kier alpha value is -3.44. The normalized spacial score (nSPS) is 14.5. The van der Waals surface area contributed by atoms with Gasteiger partial charge in [-0.2, -0.15) is 19.9 Å². The number of piperazine rings is 1. The van der Waals surface area contributed by atoms with Crippen LogP contribution in [0.2, 0.25) is 5.02 Å². The number of aryl methyl sites for hydroxylation is 1. The summed E-state index contributed by atoms with van der Waals surface area (Å²) in [6.07, 6.45) is 1.52. The zero-order valence-corrected chi connectivity index (χ0v) is 16.5. The molecule has 0 radical (unpaired) electrons. The maximum absolute atomic E-state index is 9.58. The molecule has 0 bridgehead atoms. The first-order valence-electron chi connectivity index (χ1n) is 9.30. The van der Waals surface area contributed by atoms with Gasteiger partial charge in [0.05, 0.1) is 17.1 Å². The van der Waals surface area contributed by atoms with E-state index in [0.29, 0.717) is 16.4 Å². The number of rotatable bonds is 2. The number of fused-ring (bicyclic) bond motifs is 2. The molecule has 3 aromatic heterocycles. The Morgan fingerprint density at radius 3 is 2.62 bits per heavy atom. The maximum Gasteiger partial charge on any atom is 0.254 e. The maximum atomic E-state index is 9.58. The second-order valence-corrected chi connectivity index (χ2v) is 7.44. The van der Waals surface area contributed by atoms with Crippen LogP contribution in [0, 0.1) is 18.3 Å². The van der Waals surface area contributed by atoms with Crippen molar-refractivity contribution in [2.45, 2.75) is 6.92 Å². The van der Waals surface area contributed by atoms with Crippen molar-refractivity contribution < 1.29 is 0 Å². The van der Waals surface area contributed by atoms with E-state index in [9.17, 15) is 5.26 Å². The van der Waals surface area contributed by atoms with Crippen LogP contribution in [0.1, 0.15) is 11.3 Å². The molecule has 0 spiro atoms. The number of benzene rings is 1. The van der Waals surface area contributed by atoms with E-state index in [1.807, 2.05) is 25.1 Å². The molecular weight excluding hydrogens is 388 g/mol. The summed E-state index contributed by atoms with van der Waals surface area (Å²) >= 11 is 6.09. The fraction of sp³-hybridized carbons (Fsp3) is 0.250. The van der Waals surface area contributed by atoms with Crippen LogP contribution >= 0.6 is 11.6 Å². The van der Waals surface area contributed by atoms with Crippen molar-refractivity contribution in [3.8, 4) is 6.07 Å². The molecule has 0 atom stereocenters. The first kappa shape index (κ1) is 17.6. The molecule has 5 rings (SSSR count). The van der Waals surface area contributed by atoms with Gasteiger partial charge in [-0.25, -0.2) is 9.97 Å². The summed E-state index contributed by atoms with van der Waals surface area (Å²) in [4.78, 5) is 17.9. The van der Waals surface area contributed by atoms with Crippen LogP contribution in [0.15, 0.2) is 36.7 Å². The van der Waals surface area contributed by atoms with E-state index in [1.54, 1.807) is 16.6 Å². The molecule has 0 N–H and O–H groups in total. The van der Waals surface area contributed by atoms with Crippen LogP contribution < -0.4 is 9.80 Å². The summed E-state index contributed by atoms with van der Waals surface area (Å²) in [7, 11) is 0. The zero-order chi connectivity index (χ0) is 20.0. The van der Waals surface area contributed by atoms with Crippen LogP contribution in [-0.2, 0) is 0 Å². The van der Waals surface area contributed by atoms with Crippen LogP contribution in [0.25, 0.3) is 16.7 Å². The molecule has 0 aliphatic carbocycles. The molecule has 1 aromatic carbocycles. The smallest absolute Gasteiger partial charge is 0.254 e. The van der Waals surface area contributed by atoms with Gasteiger partial charge in [-0.05, 0) is 31.2 Å². The lowest BCUT2D eigenvalue weighted by atomic mass is 10.1. The van der Waals surface area contributed by atoms with Crippen molar-refractivity contribution in [2.24, 2.45) is 0 Å². The largest absolute Gasteiger partial charge is 0.353 e. The average molecular weight is 405 g/mol. The van der Waals surface area contributed by atoms with E-state index in [1.165, 1.54) is 6.33 Å². The van der Waals surface area contributed by atoms with Gasteiger partial charge in [0.2, 0.25) is 0 Å². The van der Waals surface area contributed by atoms with Crippen LogP contribution in [-0.4, -0.2) is 50.7 Å². The first-order valence-corrected chi connectivity index (χ1v) is 9.68. The Bertz CT molecular complexity index is 1270. The van der Waals surface area contributed by atoms with Crippen molar-refractivity contribution >= 4 is 39.9 Å². The van der Waals surface area contributed by atoms with Gasteiger partial charge in [-0.15, -0.1) is 0 Å². The number of halogens is 1. The molecule has 0 saturated carbocycles. The third-order valence-electron chi connectivity index (χ3n) is 5.17. The number of nitriles is 1. The molecule has 9 heteroatoms. The van der Waals surface area contributed by atoms with Gasteiger partial charge in [0.25, 0.3) is 5.78 Å². The third kappa shape index (κ3) is 3.09. The molecular formula is C20H17ClN8. The Balaban J connectivity index is 1.43. The standard InChI is InChI=1S/C20H17ClN8/c1-13-8-19(29-20(25-13)23-12-24-29)28-6-4-27(5-7-28)18-9-14(11-22)16-10-15(21)2-3-17(16)26-18/h2-3,8-10,12H,4-7H2,1H3.